The highest BCUT2D eigenvalue weighted by Crippen LogP contribution is 2.35. The summed E-state index contributed by atoms with van der Waals surface area (Å²) in [4.78, 5) is 39.5. The molecule has 0 bridgehead atoms. The molecule has 0 spiro atoms. The van der Waals surface area contributed by atoms with Crippen molar-refractivity contribution in [2.24, 2.45) is 0 Å². The number of ether oxygens (including phenoxy) is 3. The van der Waals surface area contributed by atoms with Crippen LogP contribution >= 0.6 is 0 Å². The van der Waals surface area contributed by atoms with Crippen molar-refractivity contribution in [2.45, 2.75) is 13.8 Å². The van der Waals surface area contributed by atoms with Crippen LogP contribution in [0.15, 0.2) is 51.7 Å². The summed E-state index contributed by atoms with van der Waals surface area (Å²) in [5, 5.41) is 5.95. The molecule has 10 heteroatoms. The minimum Gasteiger partial charge on any atom is -0.496 e. The van der Waals surface area contributed by atoms with E-state index in [-0.39, 0.29) is 24.6 Å². The molecule has 0 saturated carbocycles. The van der Waals surface area contributed by atoms with Crippen molar-refractivity contribution in [1.82, 2.24) is 10.6 Å². The van der Waals surface area contributed by atoms with Gasteiger partial charge in [0.15, 0.2) is 0 Å². The summed E-state index contributed by atoms with van der Waals surface area (Å²) in [6.07, 6.45) is 2.90. The summed E-state index contributed by atoms with van der Waals surface area (Å²) < 4.78 is 21.4. The van der Waals surface area contributed by atoms with Crippen LogP contribution in [-0.4, -0.2) is 59.3 Å². The number of fused-ring (bicyclic) bond motifs is 1. The van der Waals surface area contributed by atoms with Gasteiger partial charge in [0.1, 0.15) is 28.4 Å². The van der Waals surface area contributed by atoms with Crippen molar-refractivity contribution in [3.63, 3.8) is 0 Å². The summed E-state index contributed by atoms with van der Waals surface area (Å²) in [5.74, 6) is 0.562. The van der Waals surface area contributed by atoms with Crippen LogP contribution < -0.4 is 35.4 Å². The smallest absolute Gasteiger partial charge is 0.349 e. The molecule has 2 aromatic carbocycles. The van der Waals surface area contributed by atoms with E-state index in [1.807, 2.05) is 26.0 Å². The third-order valence-corrected chi connectivity index (χ3v) is 5.96. The third kappa shape index (κ3) is 6.64. The molecule has 0 saturated heterocycles. The quantitative estimate of drug-likeness (QED) is 0.211. The highest BCUT2D eigenvalue weighted by molar-refractivity contribution is 5.97. The highest BCUT2D eigenvalue weighted by atomic mass is 16.5. The van der Waals surface area contributed by atoms with E-state index < -0.39 is 11.5 Å². The number of benzene rings is 2. The molecule has 3 aromatic rings. The first-order valence-corrected chi connectivity index (χ1v) is 12.2. The molecule has 0 aliphatic heterocycles. The van der Waals surface area contributed by atoms with E-state index in [9.17, 15) is 14.4 Å². The molecule has 0 aliphatic carbocycles. The molecule has 2 amide bonds. The van der Waals surface area contributed by atoms with Gasteiger partial charge in [0, 0.05) is 61.5 Å². The predicted molar refractivity (Wildman–Crippen MR) is 147 cm³/mol. The molecule has 0 radical (unpaired) electrons. The Hall–Kier alpha value is -4.47. The fourth-order valence-corrected chi connectivity index (χ4v) is 3.92. The van der Waals surface area contributed by atoms with Crippen molar-refractivity contribution in [2.75, 3.05) is 52.4 Å². The molecule has 0 fully saturated rings. The molecule has 0 aliphatic rings. The lowest BCUT2D eigenvalue weighted by atomic mass is 10.1. The van der Waals surface area contributed by atoms with Crippen molar-refractivity contribution in [3.05, 3.63) is 64.0 Å². The van der Waals surface area contributed by atoms with Crippen LogP contribution in [0.2, 0.25) is 0 Å². The maximum absolute atomic E-state index is 12.6. The molecular formula is C28H33N3O7. The molecule has 2 N–H and O–H groups in total. The maximum atomic E-state index is 12.6. The van der Waals surface area contributed by atoms with Gasteiger partial charge in [-0.05, 0) is 38.1 Å². The number of carbonyl (C=O) groups is 2. The average Bonchev–Trinajstić information content (AvgIpc) is 2.93. The molecule has 38 heavy (non-hydrogen) atoms. The fourth-order valence-electron chi connectivity index (χ4n) is 3.92. The maximum Gasteiger partial charge on any atom is 0.349 e. The molecule has 1 heterocycles. The summed E-state index contributed by atoms with van der Waals surface area (Å²) >= 11 is 0. The Kier molecular flexibility index (Phi) is 9.75. The zero-order valence-electron chi connectivity index (χ0n) is 22.3. The molecule has 1 aromatic heterocycles. The Morgan fingerprint density at radius 2 is 1.58 bits per heavy atom. The molecule has 202 valence electrons. The zero-order chi connectivity index (χ0) is 27.7. The number of hydrogen-bond donors (Lipinski definition) is 2. The van der Waals surface area contributed by atoms with Gasteiger partial charge >= 0.3 is 5.63 Å². The normalized spacial score (nSPS) is 10.9. The monoisotopic (exact) mass is 523 g/mol. The van der Waals surface area contributed by atoms with Crippen LogP contribution in [0.3, 0.4) is 0 Å². The van der Waals surface area contributed by atoms with Crippen molar-refractivity contribution >= 4 is 34.5 Å². The summed E-state index contributed by atoms with van der Waals surface area (Å²) in [6, 6.07) is 10.4. The van der Waals surface area contributed by atoms with Gasteiger partial charge in [0.2, 0.25) is 5.91 Å². The van der Waals surface area contributed by atoms with Gasteiger partial charge in [0.05, 0.1) is 26.9 Å². The summed E-state index contributed by atoms with van der Waals surface area (Å²) in [5.41, 5.74) is 1.11. The summed E-state index contributed by atoms with van der Waals surface area (Å²) in [6.45, 7) is 6.01. The minimum absolute atomic E-state index is 0.0991. The lowest BCUT2D eigenvalue weighted by molar-refractivity contribution is -0.116. The van der Waals surface area contributed by atoms with Gasteiger partial charge in [-0.2, -0.15) is 0 Å². The summed E-state index contributed by atoms with van der Waals surface area (Å²) in [7, 11) is 4.55. The van der Waals surface area contributed by atoms with Crippen LogP contribution in [0.4, 0.5) is 5.69 Å². The number of carbonyl (C=O) groups excluding carboxylic acids is 2. The highest BCUT2D eigenvalue weighted by Gasteiger charge is 2.15. The predicted octanol–water partition coefficient (Wildman–Crippen LogP) is 3.22. The van der Waals surface area contributed by atoms with E-state index in [1.165, 1.54) is 33.5 Å². The third-order valence-electron chi connectivity index (χ3n) is 5.96. The topological polar surface area (TPSA) is 119 Å². The molecular weight excluding hydrogens is 490 g/mol. The number of methoxy groups -OCH3 is 3. The molecule has 3 rings (SSSR count). The van der Waals surface area contributed by atoms with E-state index in [0.29, 0.717) is 33.8 Å². The van der Waals surface area contributed by atoms with Gasteiger partial charge < -0.3 is 34.2 Å². The number of rotatable bonds is 12. The first-order chi connectivity index (χ1) is 18.3. The molecule has 10 nitrogen and oxygen atoms in total. The van der Waals surface area contributed by atoms with Gasteiger partial charge in [-0.25, -0.2) is 4.79 Å². The van der Waals surface area contributed by atoms with Gasteiger partial charge in [-0.1, -0.05) is 0 Å². The zero-order valence-corrected chi connectivity index (χ0v) is 22.3. The molecule has 0 unspecified atom stereocenters. The Balaban J connectivity index is 1.59. The van der Waals surface area contributed by atoms with Crippen LogP contribution in [0, 0.1) is 0 Å². The van der Waals surface area contributed by atoms with E-state index >= 15 is 0 Å². The second-order valence-corrected chi connectivity index (χ2v) is 8.17. The number of nitrogens with zero attached hydrogens (tertiary/aromatic N) is 1. The van der Waals surface area contributed by atoms with Crippen LogP contribution in [0.5, 0.6) is 17.2 Å². The number of hydrogen-bond acceptors (Lipinski definition) is 8. The van der Waals surface area contributed by atoms with E-state index in [2.05, 4.69) is 15.5 Å². The van der Waals surface area contributed by atoms with Crippen LogP contribution in [0.1, 0.15) is 29.8 Å². The lowest BCUT2D eigenvalue weighted by Crippen LogP contribution is -2.35. The Morgan fingerprint density at radius 1 is 0.921 bits per heavy atom. The Bertz CT molecular complexity index is 1350. The van der Waals surface area contributed by atoms with Gasteiger partial charge in [-0.3, -0.25) is 9.59 Å². The average molecular weight is 524 g/mol. The van der Waals surface area contributed by atoms with Crippen molar-refractivity contribution < 1.29 is 28.2 Å². The van der Waals surface area contributed by atoms with E-state index in [1.54, 1.807) is 24.3 Å². The Labute approximate surface area is 221 Å². The standard InChI is InChI=1S/C28H33N3O7/c1-6-31(7-2)19-9-8-18-14-22(28(34)38-23(18)15-19)27(33)30-13-12-29-26(32)11-10-21-24(36-4)16-20(35-3)17-25(21)37-5/h8-11,14-17H,6-7,12-13H2,1-5H3,(H,29,32)(H,30,33)/b11-10+. The SMILES string of the molecule is CCN(CC)c1ccc2cc(C(=O)NCCNC(=O)/C=C/c3c(OC)cc(OC)cc3OC)c(=O)oc2c1. The lowest BCUT2D eigenvalue weighted by Gasteiger charge is -2.21. The second kappa shape index (κ2) is 13.2. The van der Waals surface area contributed by atoms with Crippen LogP contribution in [-0.2, 0) is 4.79 Å². The van der Waals surface area contributed by atoms with Gasteiger partial charge in [0.25, 0.3) is 5.91 Å². The van der Waals surface area contributed by atoms with E-state index in [0.717, 1.165) is 18.8 Å². The van der Waals surface area contributed by atoms with E-state index in [4.69, 9.17) is 18.6 Å². The van der Waals surface area contributed by atoms with Crippen molar-refractivity contribution in [3.8, 4) is 17.2 Å². The van der Waals surface area contributed by atoms with Crippen molar-refractivity contribution in [1.29, 1.82) is 0 Å². The largest absolute Gasteiger partial charge is 0.496 e. The Morgan fingerprint density at radius 3 is 2.18 bits per heavy atom. The first-order valence-electron chi connectivity index (χ1n) is 12.2. The first kappa shape index (κ1) is 28.1. The number of anilines is 1. The molecule has 0 atom stereocenters. The van der Waals surface area contributed by atoms with Gasteiger partial charge in [-0.15, -0.1) is 0 Å². The fraction of sp³-hybridized carbons (Fsp3) is 0.321. The number of amides is 2. The van der Waals surface area contributed by atoms with Crippen LogP contribution in [0.25, 0.3) is 17.0 Å². The second-order valence-electron chi connectivity index (χ2n) is 8.17. The number of nitrogens with one attached hydrogen (secondary N) is 2. The minimum atomic E-state index is -0.721.